The largest absolute Gasteiger partial charge is 0.497 e. The average Bonchev–Trinajstić information content (AvgIpc) is 2.40. The number of rotatable bonds is 4. The van der Waals surface area contributed by atoms with Crippen LogP contribution in [0.5, 0.6) is 5.75 Å². The zero-order valence-corrected chi connectivity index (χ0v) is 9.84. The van der Waals surface area contributed by atoms with Gasteiger partial charge in [-0.25, -0.2) is 0 Å². The smallest absolute Gasteiger partial charge is 0.119 e. The van der Waals surface area contributed by atoms with Crippen molar-refractivity contribution in [1.82, 2.24) is 0 Å². The van der Waals surface area contributed by atoms with Crippen molar-refractivity contribution in [2.75, 3.05) is 7.11 Å². The maximum absolute atomic E-state index is 10.1. The van der Waals surface area contributed by atoms with Crippen LogP contribution in [0.2, 0.25) is 0 Å². The van der Waals surface area contributed by atoms with Crippen molar-refractivity contribution >= 4 is 0 Å². The second-order valence-electron chi connectivity index (χ2n) is 3.98. The Morgan fingerprint density at radius 3 is 2.53 bits per heavy atom. The summed E-state index contributed by atoms with van der Waals surface area (Å²) in [6, 6.07) is 17.5. The monoisotopic (exact) mass is 228 g/mol. The van der Waals surface area contributed by atoms with Gasteiger partial charge in [-0.1, -0.05) is 42.5 Å². The van der Waals surface area contributed by atoms with Gasteiger partial charge in [0, 0.05) is 6.42 Å². The van der Waals surface area contributed by atoms with E-state index < -0.39 is 6.10 Å². The van der Waals surface area contributed by atoms with Crippen LogP contribution >= 0.6 is 0 Å². The van der Waals surface area contributed by atoms with Gasteiger partial charge in [-0.2, -0.15) is 0 Å². The molecule has 0 unspecified atom stereocenters. The molecule has 17 heavy (non-hydrogen) atoms. The molecule has 0 heterocycles. The SMILES string of the molecule is COc1cccc(C[C@H](O)c2ccccc2)c1. The first kappa shape index (κ1) is 11.7. The van der Waals surface area contributed by atoms with E-state index in [1.807, 2.05) is 54.6 Å². The van der Waals surface area contributed by atoms with Crippen molar-refractivity contribution in [2.45, 2.75) is 12.5 Å². The Labute approximate surface area is 101 Å². The molecule has 2 rings (SSSR count). The molecule has 0 saturated heterocycles. The van der Waals surface area contributed by atoms with E-state index in [9.17, 15) is 5.11 Å². The number of methoxy groups -OCH3 is 1. The van der Waals surface area contributed by atoms with Crippen molar-refractivity contribution in [1.29, 1.82) is 0 Å². The van der Waals surface area contributed by atoms with Gasteiger partial charge >= 0.3 is 0 Å². The molecule has 2 nitrogen and oxygen atoms in total. The third-order valence-corrected chi connectivity index (χ3v) is 2.75. The summed E-state index contributed by atoms with van der Waals surface area (Å²) in [6.07, 6.45) is 0.129. The average molecular weight is 228 g/mol. The van der Waals surface area contributed by atoms with Crippen LogP contribution in [0.3, 0.4) is 0 Å². The van der Waals surface area contributed by atoms with E-state index in [0.29, 0.717) is 6.42 Å². The maximum Gasteiger partial charge on any atom is 0.119 e. The van der Waals surface area contributed by atoms with Crippen LogP contribution in [-0.2, 0) is 6.42 Å². The van der Waals surface area contributed by atoms with Crippen LogP contribution in [0.4, 0.5) is 0 Å². The third-order valence-electron chi connectivity index (χ3n) is 2.75. The van der Waals surface area contributed by atoms with E-state index in [-0.39, 0.29) is 0 Å². The van der Waals surface area contributed by atoms with Crippen LogP contribution < -0.4 is 4.74 Å². The molecular formula is C15H16O2. The van der Waals surface area contributed by atoms with E-state index in [1.165, 1.54) is 0 Å². The number of aliphatic hydroxyl groups excluding tert-OH is 1. The maximum atomic E-state index is 10.1. The standard InChI is InChI=1S/C15H16O2/c1-17-14-9-5-6-12(10-14)11-15(16)13-7-3-2-4-8-13/h2-10,15-16H,11H2,1H3/t15-/m0/s1. The Kier molecular flexibility index (Phi) is 3.78. The number of hydrogen-bond donors (Lipinski definition) is 1. The van der Waals surface area contributed by atoms with Crippen LogP contribution in [0, 0.1) is 0 Å². The minimum absolute atomic E-state index is 0.469. The third kappa shape index (κ3) is 3.08. The lowest BCUT2D eigenvalue weighted by Crippen LogP contribution is -2.01. The first-order valence-corrected chi connectivity index (χ1v) is 5.65. The number of benzene rings is 2. The molecule has 0 fully saturated rings. The summed E-state index contributed by atoms with van der Waals surface area (Å²) in [7, 11) is 1.65. The van der Waals surface area contributed by atoms with Crippen molar-refractivity contribution < 1.29 is 9.84 Å². The lowest BCUT2D eigenvalue weighted by Gasteiger charge is -2.11. The summed E-state index contributed by atoms with van der Waals surface area (Å²) in [5, 5.41) is 10.1. The van der Waals surface area contributed by atoms with E-state index in [4.69, 9.17) is 4.74 Å². The highest BCUT2D eigenvalue weighted by Gasteiger charge is 2.08. The number of ether oxygens (including phenoxy) is 1. The number of aliphatic hydroxyl groups is 1. The van der Waals surface area contributed by atoms with Gasteiger partial charge in [0.1, 0.15) is 5.75 Å². The molecule has 2 heteroatoms. The van der Waals surface area contributed by atoms with Gasteiger partial charge in [-0.15, -0.1) is 0 Å². The summed E-state index contributed by atoms with van der Waals surface area (Å²) >= 11 is 0. The molecule has 0 radical (unpaired) electrons. The first-order valence-electron chi connectivity index (χ1n) is 5.65. The van der Waals surface area contributed by atoms with E-state index in [0.717, 1.165) is 16.9 Å². The summed E-state index contributed by atoms with van der Waals surface area (Å²) in [4.78, 5) is 0. The fraction of sp³-hybridized carbons (Fsp3) is 0.200. The van der Waals surface area contributed by atoms with E-state index >= 15 is 0 Å². The summed E-state index contributed by atoms with van der Waals surface area (Å²) in [5.41, 5.74) is 2.01. The Hall–Kier alpha value is -1.80. The molecule has 0 aromatic heterocycles. The molecule has 0 aliphatic heterocycles. The Morgan fingerprint density at radius 2 is 1.82 bits per heavy atom. The molecule has 1 N–H and O–H groups in total. The highest BCUT2D eigenvalue weighted by Crippen LogP contribution is 2.20. The summed E-state index contributed by atoms with van der Waals surface area (Å²) < 4.78 is 5.16. The minimum Gasteiger partial charge on any atom is -0.497 e. The van der Waals surface area contributed by atoms with Gasteiger partial charge < -0.3 is 9.84 Å². The van der Waals surface area contributed by atoms with E-state index in [1.54, 1.807) is 7.11 Å². The van der Waals surface area contributed by atoms with Crippen molar-refractivity contribution in [3.05, 3.63) is 65.7 Å². The van der Waals surface area contributed by atoms with Crippen LogP contribution in [0.15, 0.2) is 54.6 Å². The molecule has 0 saturated carbocycles. The molecule has 0 aliphatic carbocycles. The van der Waals surface area contributed by atoms with Gasteiger partial charge in [0.15, 0.2) is 0 Å². The van der Waals surface area contributed by atoms with Crippen molar-refractivity contribution in [3.63, 3.8) is 0 Å². The van der Waals surface area contributed by atoms with Crippen LogP contribution in [0.25, 0.3) is 0 Å². The van der Waals surface area contributed by atoms with E-state index in [2.05, 4.69) is 0 Å². The molecule has 0 bridgehead atoms. The molecule has 0 aliphatic rings. The van der Waals surface area contributed by atoms with Gasteiger partial charge in [-0.3, -0.25) is 0 Å². The lowest BCUT2D eigenvalue weighted by molar-refractivity contribution is 0.178. The molecule has 0 amide bonds. The highest BCUT2D eigenvalue weighted by molar-refractivity contribution is 5.30. The van der Waals surface area contributed by atoms with Gasteiger partial charge in [0.25, 0.3) is 0 Å². The predicted molar refractivity (Wildman–Crippen MR) is 68.1 cm³/mol. The predicted octanol–water partition coefficient (Wildman–Crippen LogP) is 2.97. The topological polar surface area (TPSA) is 29.5 Å². The quantitative estimate of drug-likeness (QED) is 0.871. The zero-order valence-electron chi connectivity index (χ0n) is 9.84. The summed E-state index contributed by atoms with van der Waals surface area (Å²) in [6.45, 7) is 0. The minimum atomic E-state index is -0.469. The Bertz CT molecular complexity index is 465. The molecule has 0 spiro atoms. The zero-order chi connectivity index (χ0) is 12.1. The van der Waals surface area contributed by atoms with Gasteiger partial charge in [0.05, 0.1) is 13.2 Å². The normalized spacial score (nSPS) is 12.1. The molecular weight excluding hydrogens is 212 g/mol. The first-order chi connectivity index (χ1) is 8.29. The summed E-state index contributed by atoms with van der Waals surface area (Å²) in [5.74, 6) is 0.822. The van der Waals surface area contributed by atoms with Crippen LogP contribution in [0.1, 0.15) is 17.2 Å². The molecule has 2 aromatic rings. The molecule has 88 valence electrons. The van der Waals surface area contributed by atoms with Gasteiger partial charge in [-0.05, 0) is 23.3 Å². The lowest BCUT2D eigenvalue weighted by atomic mass is 10.0. The van der Waals surface area contributed by atoms with Crippen LogP contribution in [-0.4, -0.2) is 12.2 Å². The number of hydrogen-bond acceptors (Lipinski definition) is 2. The Balaban J connectivity index is 2.10. The highest BCUT2D eigenvalue weighted by atomic mass is 16.5. The van der Waals surface area contributed by atoms with Crippen molar-refractivity contribution in [2.24, 2.45) is 0 Å². The van der Waals surface area contributed by atoms with Gasteiger partial charge in [0.2, 0.25) is 0 Å². The fourth-order valence-corrected chi connectivity index (χ4v) is 1.82. The van der Waals surface area contributed by atoms with Crippen molar-refractivity contribution in [3.8, 4) is 5.75 Å². The fourth-order valence-electron chi connectivity index (χ4n) is 1.82. The Morgan fingerprint density at radius 1 is 1.06 bits per heavy atom. The second-order valence-corrected chi connectivity index (χ2v) is 3.98. The molecule has 2 aromatic carbocycles. The second kappa shape index (κ2) is 5.51. The molecule has 1 atom stereocenters.